The summed E-state index contributed by atoms with van der Waals surface area (Å²) in [5.41, 5.74) is 1.11. The largest absolute Gasteiger partial charge is 0.302 e. The Morgan fingerprint density at radius 1 is 1.37 bits per heavy atom. The van der Waals surface area contributed by atoms with Crippen LogP contribution in [0.4, 0.5) is 0 Å². The van der Waals surface area contributed by atoms with Crippen molar-refractivity contribution in [2.24, 2.45) is 0 Å². The normalized spacial score (nSPS) is 19.9. The Morgan fingerprint density at radius 2 is 2.16 bits per heavy atom. The Kier molecular flexibility index (Phi) is 3.48. The molecule has 0 amide bonds. The monoisotopic (exact) mass is 274 g/mol. The van der Waals surface area contributed by atoms with Gasteiger partial charge < -0.3 is 4.90 Å². The van der Waals surface area contributed by atoms with Gasteiger partial charge in [0.15, 0.2) is 10.6 Å². The summed E-state index contributed by atoms with van der Waals surface area (Å²) in [5.74, 6) is 0.936. The molecule has 19 heavy (non-hydrogen) atoms. The lowest BCUT2D eigenvalue weighted by Gasteiger charge is -2.20. The molecule has 1 unspecified atom stereocenters. The third kappa shape index (κ3) is 2.48. The molecule has 3 rings (SSSR count). The highest BCUT2D eigenvalue weighted by Crippen LogP contribution is 2.21. The first kappa shape index (κ1) is 12.6. The lowest BCUT2D eigenvalue weighted by molar-refractivity contribution is 0.282. The van der Waals surface area contributed by atoms with Gasteiger partial charge in [-0.25, -0.2) is 0 Å². The fourth-order valence-electron chi connectivity index (χ4n) is 2.72. The minimum atomic E-state index is 0.562. The maximum Gasteiger partial charge on any atom is 0.195 e. The Labute approximate surface area is 118 Å². The van der Waals surface area contributed by atoms with Crippen molar-refractivity contribution in [1.29, 1.82) is 0 Å². The van der Waals surface area contributed by atoms with E-state index in [1.54, 1.807) is 0 Å². The van der Waals surface area contributed by atoms with Crippen molar-refractivity contribution >= 4 is 12.2 Å². The van der Waals surface area contributed by atoms with E-state index in [1.165, 1.54) is 19.4 Å². The summed E-state index contributed by atoms with van der Waals surface area (Å²) in [7, 11) is 2.18. The van der Waals surface area contributed by atoms with E-state index in [-0.39, 0.29) is 0 Å². The molecule has 0 aliphatic carbocycles. The zero-order valence-electron chi connectivity index (χ0n) is 11.0. The molecule has 1 aromatic heterocycles. The summed E-state index contributed by atoms with van der Waals surface area (Å²) < 4.78 is 2.83. The second-order valence-electron chi connectivity index (χ2n) is 5.11. The molecule has 0 saturated carbocycles. The summed E-state index contributed by atoms with van der Waals surface area (Å²) in [6.45, 7) is 2.09. The fraction of sp³-hybridized carbons (Fsp3) is 0.429. The van der Waals surface area contributed by atoms with E-state index in [4.69, 9.17) is 12.2 Å². The third-order valence-electron chi connectivity index (χ3n) is 3.86. The number of hydrogen-bond acceptors (Lipinski definition) is 3. The maximum atomic E-state index is 5.37. The Balaban J connectivity index is 1.93. The van der Waals surface area contributed by atoms with Crippen LogP contribution in [0.25, 0.3) is 11.4 Å². The number of nitrogens with one attached hydrogen (secondary N) is 1. The zero-order valence-corrected chi connectivity index (χ0v) is 11.9. The SMILES string of the molecule is CN1CCCC1Cn1c(-c2ccccc2)n[nH]c1=S. The van der Waals surface area contributed by atoms with Crippen LogP contribution in [0.15, 0.2) is 30.3 Å². The van der Waals surface area contributed by atoms with E-state index >= 15 is 0 Å². The first-order chi connectivity index (χ1) is 9.25. The lowest BCUT2D eigenvalue weighted by atomic mass is 10.2. The van der Waals surface area contributed by atoms with Gasteiger partial charge in [-0.15, -0.1) is 0 Å². The molecule has 0 spiro atoms. The number of hydrogen-bond donors (Lipinski definition) is 1. The van der Waals surface area contributed by atoms with E-state index in [2.05, 4.69) is 38.8 Å². The molecule has 2 heterocycles. The van der Waals surface area contributed by atoms with Gasteiger partial charge in [0, 0.05) is 18.2 Å². The number of rotatable bonds is 3. The van der Waals surface area contributed by atoms with Gasteiger partial charge in [0.2, 0.25) is 0 Å². The van der Waals surface area contributed by atoms with Crippen molar-refractivity contribution in [2.45, 2.75) is 25.4 Å². The summed E-state index contributed by atoms with van der Waals surface area (Å²) in [4.78, 5) is 2.41. The highest BCUT2D eigenvalue weighted by Gasteiger charge is 2.22. The minimum absolute atomic E-state index is 0.562. The van der Waals surface area contributed by atoms with Crippen molar-refractivity contribution < 1.29 is 0 Å². The molecule has 1 fully saturated rings. The van der Waals surface area contributed by atoms with Crippen LogP contribution in [-0.2, 0) is 6.54 Å². The van der Waals surface area contributed by atoms with Crippen molar-refractivity contribution in [2.75, 3.05) is 13.6 Å². The quantitative estimate of drug-likeness (QED) is 0.874. The number of aromatic nitrogens is 3. The van der Waals surface area contributed by atoms with Crippen molar-refractivity contribution in [3.05, 3.63) is 35.1 Å². The van der Waals surface area contributed by atoms with E-state index in [1.807, 2.05) is 18.2 Å². The minimum Gasteiger partial charge on any atom is -0.302 e. The highest BCUT2D eigenvalue weighted by molar-refractivity contribution is 7.71. The molecule has 100 valence electrons. The molecule has 1 aromatic carbocycles. The number of H-pyrrole nitrogens is 1. The summed E-state index contributed by atoms with van der Waals surface area (Å²) in [6, 6.07) is 10.8. The fourth-order valence-corrected chi connectivity index (χ4v) is 2.92. The highest BCUT2D eigenvalue weighted by atomic mass is 32.1. The predicted octanol–water partition coefficient (Wildman–Crippen LogP) is 2.70. The number of benzene rings is 1. The van der Waals surface area contributed by atoms with Crippen LogP contribution < -0.4 is 0 Å². The second-order valence-corrected chi connectivity index (χ2v) is 5.49. The van der Waals surface area contributed by atoms with Crippen LogP contribution >= 0.6 is 12.2 Å². The molecule has 1 N–H and O–H groups in total. The zero-order chi connectivity index (χ0) is 13.2. The van der Waals surface area contributed by atoms with Gasteiger partial charge in [-0.3, -0.25) is 9.67 Å². The van der Waals surface area contributed by atoms with E-state index < -0.39 is 0 Å². The molecular formula is C14H18N4S. The van der Waals surface area contributed by atoms with Crippen LogP contribution in [0.5, 0.6) is 0 Å². The molecule has 1 atom stereocenters. The van der Waals surface area contributed by atoms with Crippen molar-refractivity contribution in [3.8, 4) is 11.4 Å². The summed E-state index contributed by atoms with van der Waals surface area (Å²) in [6.07, 6.45) is 2.50. The average Bonchev–Trinajstić information content (AvgIpc) is 2.99. The number of nitrogens with zero attached hydrogens (tertiary/aromatic N) is 3. The van der Waals surface area contributed by atoms with Crippen molar-refractivity contribution in [3.63, 3.8) is 0 Å². The molecule has 4 nitrogen and oxygen atoms in total. The molecule has 2 aromatic rings. The van der Waals surface area contributed by atoms with E-state index in [0.717, 1.165) is 17.9 Å². The Bertz CT molecular complexity index is 601. The van der Waals surface area contributed by atoms with Crippen LogP contribution in [0.2, 0.25) is 0 Å². The number of likely N-dealkylation sites (tertiary alicyclic amines) is 1. The van der Waals surface area contributed by atoms with Gasteiger partial charge in [0.25, 0.3) is 0 Å². The van der Waals surface area contributed by atoms with Gasteiger partial charge in [0.05, 0.1) is 0 Å². The number of aromatic amines is 1. The predicted molar refractivity (Wildman–Crippen MR) is 78.5 cm³/mol. The molecule has 5 heteroatoms. The molecule has 0 radical (unpaired) electrons. The molecular weight excluding hydrogens is 256 g/mol. The van der Waals surface area contributed by atoms with Gasteiger partial charge in [-0.05, 0) is 38.7 Å². The van der Waals surface area contributed by atoms with Crippen molar-refractivity contribution in [1.82, 2.24) is 19.7 Å². The molecule has 1 aliphatic rings. The molecule has 0 bridgehead atoms. The first-order valence-corrected chi connectivity index (χ1v) is 7.07. The Hall–Kier alpha value is -1.46. The molecule has 1 saturated heterocycles. The topological polar surface area (TPSA) is 36.9 Å². The second kappa shape index (κ2) is 5.27. The van der Waals surface area contributed by atoms with Crippen LogP contribution in [0.3, 0.4) is 0 Å². The maximum absolute atomic E-state index is 5.37. The lowest BCUT2D eigenvalue weighted by Crippen LogP contribution is -2.29. The third-order valence-corrected chi connectivity index (χ3v) is 4.17. The first-order valence-electron chi connectivity index (χ1n) is 6.66. The van der Waals surface area contributed by atoms with Crippen LogP contribution in [-0.4, -0.2) is 39.3 Å². The van der Waals surface area contributed by atoms with Gasteiger partial charge >= 0.3 is 0 Å². The smallest absolute Gasteiger partial charge is 0.195 e. The summed E-state index contributed by atoms with van der Waals surface area (Å²) in [5, 5.41) is 7.30. The standard InChI is InChI=1S/C14H18N4S/c1-17-9-5-8-12(17)10-18-13(15-16-14(18)19)11-6-3-2-4-7-11/h2-4,6-7,12H,5,8-10H2,1H3,(H,16,19). The van der Waals surface area contributed by atoms with Gasteiger partial charge in [-0.1, -0.05) is 30.3 Å². The van der Waals surface area contributed by atoms with Gasteiger partial charge in [0.1, 0.15) is 0 Å². The van der Waals surface area contributed by atoms with E-state index in [9.17, 15) is 0 Å². The average molecular weight is 274 g/mol. The molecule has 1 aliphatic heterocycles. The van der Waals surface area contributed by atoms with Crippen LogP contribution in [0.1, 0.15) is 12.8 Å². The van der Waals surface area contributed by atoms with Gasteiger partial charge in [-0.2, -0.15) is 5.10 Å². The van der Waals surface area contributed by atoms with Crippen LogP contribution in [0, 0.1) is 4.77 Å². The number of likely N-dealkylation sites (N-methyl/N-ethyl adjacent to an activating group) is 1. The van der Waals surface area contributed by atoms with E-state index in [0.29, 0.717) is 10.8 Å². The summed E-state index contributed by atoms with van der Waals surface area (Å²) >= 11 is 5.37. The Morgan fingerprint density at radius 3 is 2.84 bits per heavy atom.